The maximum atomic E-state index is 12.4. The smallest absolute Gasteiger partial charge is 0.263 e. The standard InChI is InChI=1S/C19H19ClN6O3S2/c1-12-11-13(2)22-19(21-12)30-10-9-18(27)23-14-3-5-15(6-4-14)31(28,29)26-17-8-7-16(20)24-25-17/h3-8,11H,9-10H2,1-2H3,(H,23,27)(H,25,26). The van der Waals surface area contributed by atoms with Gasteiger partial charge in [0.2, 0.25) is 5.91 Å². The van der Waals surface area contributed by atoms with E-state index in [4.69, 9.17) is 11.6 Å². The van der Waals surface area contributed by atoms with Crippen molar-refractivity contribution < 1.29 is 13.2 Å². The van der Waals surface area contributed by atoms with Crippen LogP contribution in [0.1, 0.15) is 17.8 Å². The molecule has 0 unspecified atom stereocenters. The Morgan fingerprint density at radius 3 is 2.32 bits per heavy atom. The van der Waals surface area contributed by atoms with Gasteiger partial charge in [0.1, 0.15) is 0 Å². The molecule has 0 saturated heterocycles. The third-order valence-corrected chi connectivity index (χ3v) is 6.26. The van der Waals surface area contributed by atoms with E-state index in [1.54, 1.807) is 0 Å². The average molecular weight is 479 g/mol. The minimum Gasteiger partial charge on any atom is -0.326 e. The Morgan fingerprint density at radius 2 is 1.71 bits per heavy atom. The molecule has 9 nitrogen and oxygen atoms in total. The van der Waals surface area contributed by atoms with Gasteiger partial charge in [0, 0.05) is 29.2 Å². The summed E-state index contributed by atoms with van der Waals surface area (Å²) in [5.41, 5.74) is 2.25. The van der Waals surface area contributed by atoms with E-state index in [1.165, 1.54) is 48.2 Å². The number of anilines is 2. The van der Waals surface area contributed by atoms with Crippen molar-refractivity contribution in [1.29, 1.82) is 0 Å². The first-order valence-electron chi connectivity index (χ1n) is 9.08. The maximum absolute atomic E-state index is 12.4. The number of halogens is 1. The second-order valence-corrected chi connectivity index (χ2v) is 9.58. The number of thioether (sulfide) groups is 1. The number of hydrogen-bond acceptors (Lipinski definition) is 8. The summed E-state index contributed by atoms with van der Waals surface area (Å²) in [5, 5.41) is 10.8. The number of sulfonamides is 1. The van der Waals surface area contributed by atoms with Gasteiger partial charge in [-0.3, -0.25) is 9.52 Å². The molecule has 0 saturated carbocycles. The van der Waals surface area contributed by atoms with E-state index in [0.29, 0.717) is 16.6 Å². The summed E-state index contributed by atoms with van der Waals surface area (Å²) >= 11 is 7.05. The van der Waals surface area contributed by atoms with Gasteiger partial charge < -0.3 is 5.32 Å². The minimum absolute atomic E-state index is 0.0183. The molecule has 12 heteroatoms. The van der Waals surface area contributed by atoms with Crippen molar-refractivity contribution in [2.24, 2.45) is 0 Å². The van der Waals surface area contributed by atoms with Gasteiger partial charge in [-0.15, -0.1) is 10.2 Å². The molecule has 2 aromatic heterocycles. The lowest BCUT2D eigenvalue weighted by molar-refractivity contribution is -0.115. The Bertz CT molecular complexity index is 1150. The first-order valence-corrected chi connectivity index (χ1v) is 11.9. The summed E-state index contributed by atoms with van der Waals surface area (Å²) in [4.78, 5) is 20.8. The summed E-state index contributed by atoms with van der Waals surface area (Å²) in [5.74, 6) is 0.377. The highest BCUT2D eigenvalue weighted by molar-refractivity contribution is 7.99. The Morgan fingerprint density at radius 1 is 1.03 bits per heavy atom. The topological polar surface area (TPSA) is 127 Å². The summed E-state index contributed by atoms with van der Waals surface area (Å²) in [7, 11) is -3.85. The average Bonchev–Trinajstić information content (AvgIpc) is 2.69. The fraction of sp³-hybridized carbons (Fsp3) is 0.211. The van der Waals surface area contributed by atoms with E-state index in [2.05, 4.69) is 30.2 Å². The molecular weight excluding hydrogens is 460 g/mol. The van der Waals surface area contributed by atoms with E-state index in [0.717, 1.165) is 11.4 Å². The molecule has 0 aliphatic rings. The van der Waals surface area contributed by atoms with Crippen LogP contribution in [0.3, 0.4) is 0 Å². The lowest BCUT2D eigenvalue weighted by atomic mass is 10.3. The summed E-state index contributed by atoms with van der Waals surface area (Å²) < 4.78 is 27.2. The van der Waals surface area contributed by atoms with Crippen LogP contribution < -0.4 is 10.0 Å². The van der Waals surface area contributed by atoms with Gasteiger partial charge in [0.05, 0.1) is 4.90 Å². The van der Waals surface area contributed by atoms with Crippen LogP contribution >= 0.6 is 23.4 Å². The SMILES string of the molecule is Cc1cc(C)nc(SCCC(=O)Nc2ccc(S(=O)(=O)Nc3ccc(Cl)nn3)cc2)n1. The van der Waals surface area contributed by atoms with E-state index >= 15 is 0 Å². The second kappa shape index (κ2) is 10.0. The van der Waals surface area contributed by atoms with Crippen LogP contribution in [0.15, 0.2) is 52.5 Å². The molecule has 0 spiro atoms. The van der Waals surface area contributed by atoms with Crippen LogP contribution in [-0.2, 0) is 14.8 Å². The Hall–Kier alpha value is -2.76. The van der Waals surface area contributed by atoms with E-state index in [-0.39, 0.29) is 28.2 Å². The first-order chi connectivity index (χ1) is 14.7. The quantitative estimate of drug-likeness (QED) is 0.372. The van der Waals surface area contributed by atoms with Gasteiger partial charge in [-0.2, -0.15) is 0 Å². The van der Waals surface area contributed by atoms with Crippen LogP contribution in [-0.4, -0.2) is 40.2 Å². The lowest BCUT2D eigenvalue weighted by Crippen LogP contribution is -2.15. The molecular formula is C19H19ClN6O3S2. The third kappa shape index (κ3) is 6.88. The molecule has 0 fully saturated rings. The van der Waals surface area contributed by atoms with Crippen molar-refractivity contribution in [2.45, 2.75) is 30.3 Å². The molecule has 3 aromatic rings. The van der Waals surface area contributed by atoms with Gasteiger partial charge in [-0.25, -0.2) is 18.4 Å². The van der Waals surface area contributed by atoms with Crippen molar-refractivity contribution in [2.75, 3.05) is 15.8 Å². The Balaban J connectivity index is 1.53. The van der Waals surface area contributed by atoms with Crippen molar-refractivity contribution >= 4 is 50.8 Å². The zero-order valence-corrected chi connectivity index (χ0v) is 19.1. The molecule has 0 bridgehead atoms. The Labute approximate surface area is 189 Å². The molecule has 0 aliphatic carbocycles. The summed E-state index contributed by atoms with van der Waals surface area (Å²) in [6.07, 6.45) is 0.262. The zero-order chi connectivity index (χ0) is 22.4. The number of nitrogens with one attached hydrogen (secondary N) is 2. The van der Waals surface area contributed by atoms with Crippen LogP contribution in [0, 0.1) is 13.8 Å². The van der Waals surface area contributed by atoms with Gasteiger partial charge in [0.25, 0.3) is 10.0 Å². The molecule has 0 aliphatic heterocycles. The van der Waals surface area contributed by atoms with Crippen molar-refractivity contribution in [3.63, 3.8) is 0 Å². The van der Waals surface area contributed by atoms with Gasteiger partial charge in [-0.05, 0) is 56.3 Å². The molecule has 1 aromatic carbocycles. The van der Waals surface area contributed by atoms with E-state index < -0.39 is 10.0 Å². The van der Waals surface area contributed by atoms with Crippen LogP contribution in [0.25, 0.3) is 0 Å². The van der Waals surface area contributed by atoms with Crippen LogP contribution in [0.5, 0.6) is 0 Å². The summed E-state index contributed by atoms with van der Waals surface area (Å²) in [6, 6.07) is 10.5. The molecule has 3 rings (SSSR count). The number of aromatic nitrogens is 4. The van der Waals surface area contributed by atoms with E-state index in [1.807, 2.05) is 19.9 Å². The normalized spacial score (nSPS) is 11.2. The number of aryl methyl sites for hydroxylation is 2. The number of nitrogens with zero attached hydrogens (tertiary/aromatic N) is 4. The number of rotatable bonds is 8. The van der Waals surface area contributed by atoms with Gasteiger partial charge in [-0.1, -0.05) is 23.4 Å². The van der Waals surface area contributed by atoms with Crippen LogP contribution in [0.2, 0.25) is 5.15 Å². The lowest BCUT2D eigenvalue weighted by Gasteiger charge is -2.09. The van der Waals surface area contributed by atoms with Gasteiger partial charge in [0.15, 0.2) is 16.1 Å². The second-order valence-electron chi connectivity index (χ2n) is 6.45. The fourth-order valence-corrected chi connectivity index (χ4v) is 4.49. The molecule has 31 heavy (non-hydrogen) atoms. The maximum Gasteiger partial charge on any atom is 0.263 e. The molecule has 2 N–H and O–H groups in total. The van der Waals surface area contributed by atoms with E-state index in [9.17, 15) is 13.2 Å². The predicted molar refractivity (Wildman–Crippen MR) is 120 cm³/mol. The van der Waals surface area contributed by atoms with Gasteiger partial charge >= 0.3 is 0 Å². The fourth-order valence-electron chi connectivity index (χ4n) is 2.50. The first kappa shape index (κ1) is 22.9. The predicted octanol–water partition coefficient (Wildman–Crippen LogP) is 3.46. The molecule has 2 heterocycles. The van der Waals surface area contributed by atoms with Crippen molar-refractivity contribution in [3.8, 4) is 0 Å². The number of benzene rings is 1. The monoisotopic (exact) mass is 478 g/mol. The van der Waals surface area contributed by atoms with Crippen molar-refractivity contribution in [1.82, 2.24) is 20.2 Å². The molecule has 1 amide bonds. The highest BCUT2D eigenvalue weighted by atomic mass is 35.5. The minimum atomic E-state index is -3.85. The zero-order valence-electron chi connectivity index (χ0n) is 16.7. The number of amides is 1. The highest BCUT2D eigenvalue weighted by Gasteiger charge is 2.15. The molecule has 0 radical (unpaired) electrons. The third-order valence-electron chi connectivity index (χ3n) is 3.84. The Kier molecular flexibility index (Phi) is 7.42. The number of hydrogen-bond donors (Lipinski definition) is 2. The van der Waals surface area contributed by atoms with Crippen molar-refractivity contribution in [3.05, 3.63) is 59.0 Å². The summed E-state index contributed by atoms with van der Waals surface area (Å²) in [6.45, 7) is 3.79. The number of carbonyl (C=O) groups is 1. The highest BCUT2D eigenvalue weighted by Crippen LogP contribution is 2.19. The molecule has 162 valence electrons. The largest absolute Gasteiger partial charge is 0.326 e. The van der Waals surface area contributed by atoms with Crippen LogP contribution in [0.4, 0.5) is 11.5 Å². The molecule has 0 atom stereocenters. The number of carbonyl (C=O) groups excluding carboxylic acids is 1.